The number of hydrogen-bond donors (Lipinski definition) is 1. The van der Waals surface area contributed by atoms with Crippen molar-refractivity contribution >= 4 is 28.5 Å². The van der Waals surface area contributed by atoms with E-state index in [1.54, 1.807) is 23.1 Å². The van der Waals surface area contributed by atoms with Crippen molar-refractivity contribution in [3.05, 3.63) is 74.6 Å². The number of rotatable bonds is 5. The number of fused-ring (bicyclic) bond motifs is 5. The monoisotopic (exact) mass is 446 g/mol. The van der Waals surface area contributed by atoms with Crippen LogP contribution in [0.1, 0.15) is 52.6 Å². The number of aliphatic hydroxyl groups is 1. The lowest BCUT2D eigenvalue weighted by Crippen LogP contribution is -2.53. The fourth-order valence-electron chi connectivity index (χ4n) is 5.22. The van der Waals surface area contributed by atoms with Gasteiger partial charge in [-0.25, -0.2) is 0 Å². The molecule has 1 unspecified atom stereocenters. The number of benzene rings is 2. The van der Waals surface area contributed by atoms with Gasteiger partial charge in [0, 0.05) is 25.3 Å². The van der Waals surface area contributed by atoms with Crippen LogP contribution in [0.5, 0.6) is 0 Å². The third-order valence-electron chi connectivity index (χ3n) is 6.84. The molecule has 33 heavy (non-hydrogen) atoms. The summed E-state index contributed by atoms with van der Waals surface area (Å²) in [6.07, 6.45) is 0.995. The molecule has 0 bridgehead atoms. The van der Waals surface area contributed by atoms with Gasteiger partial charge in [0.25, 0.3) is 11.8 Å². The highest BCUT2D eigenvalue weighted by Gasteiger charge is 2.64. The van der Waals surface area contributed by atoms with Crippen LogP contribution in [0.15, 0.2) is 45.6 Å². The summed E-state index contributed by atoms with van der Waals surface area (Å²) in [5.41, 5.74) is 1.62. The fraction of sp³-hybridized carbons (Fsp3) is 0.346. The molecule has 1 spiro atoms. The fourth-order valence-corrected chi connectivity index (χ4v) is 5.22. The number of amides is 2. The van der Waals surface area contributed by atoms with Crippen LogP contribution in [-0.4, -0.2) is 41.5 Å². The Morgan fingerprint density at radius 3 is 2.48 bits per heavy atom. The normalized spacial score (nSPS) is 19.2. The maximum atomic E-state index is 14.2. The van der Waals surface area contributed by atoms with Gasteiger partial charge in [-0.3, -0.25) is 14.4 Å². The van der Waals surface area contributed by atoms with Crippen molar-refractivity contribution in [1.29, 1.82) is 0 Å². The Balaban J connectivity index is 1.90. The molecule has 2 aliphatic rings. The summed E-state index contributed by atoms with van der Waals surface area (Å²) >= 11 is 0. The molecule has 1 N–H and O–H groups in total. The third kappa shape index (κ3) is 2.69. The van der Waals surface area contributed by atoms with Gasteiger partial charge in [0.15, 0.2) is 11.0 Å². The molecular weight excluding hydrogens is 420 g/mol. The number of aliphatic hydroxyl groups excluding tert-OH is 1. The summed E-state index contributed by atoms with van der Waals surface area (Å²) in [6, 6.07) is 10.8. The number of para-hydroxylation sites is 1. The summed E-state index contributed by atoms with van der Waals surface area (Å²) < 4.78 is 6.06. The van der Waals surface area contributed by atoms with E-state index in [0.717, 1.165) is 17.5 Å². The molecule has 3 aromatic rings. The second kappa shape index (κ2) is 7.56. The quantitative estimate of drug-likeness (QED) is 0.650. The van der Waals surface area contributed by atoms with Crippen LogP contribution in [0, 0.1) is 13.8 Å². The molecule has 2 aliphatic heterocycles. The van der Waals surface area contributed by atoms with Gasteiger partial charge in [0.1, 0.15) is 5.58 Å². The van der Waals surface area contributed by atoms with Gasteiger partial charge in [0.05, 0.1) is 16.6 Å². The predicted octanol–water partition coefficient (Wildman–Crippen LogP) is 3.25. The Bertz CT molecular complexity index is 1380. The zero-order valence-electron chi connectivity index (χ0n) is 19.0. The smallest absolute Gasteiger partial charge is 0.291 e. The van der Waals surface area contributed by atoms with Crippen molar-refractivity contribution in [2.24, 2.45) is 0 Å². The predicted molar refractivity (Wildman–Crippen MR) is 125 cm³/mol. The first-order valence-corrected chi connectivity index (χ1v) is 11.3. The number of anilines is 1. The number of carbonyl (C=O) groups excluding carboxylic acids is 2. The van der Waals surface area contributed by atoms with Crippen molar-refractivity contribution in [2.45, 2.75) is 39.2 Å². The van der Waals surface area contributed by atoms with Crippen molar-refractivity contribution in [1.82, 2.24) is 4.90 Å². The lowest BCUT2D eigenvalue weighted by Gasteiger charge is -2.34. The average Bonchev–Trinajstić information content (AvgIpc) is 3.19. The van der Waals surface area contributed by atoms with Gasteiger partial charge in [0.2, 0.25) is 5.76 Å². The minimum atomic E-state index is -1.60. The van der Waals surface area contributed by atoms with E-state index >= 15 is 0 Å². The van der Waals surface area contributed by atoms with Crippen molar-refractivity contribution in [2.75, 3.05) is 24.6 Å². The highest BCUT2D eigenvalue weighted by atomic mass is 16.3. The Hall–Kier alpha value is -3.45. The van der Waals surface area contributed by atoms with Gasteiger partial charge in [-0.05, 0) is 56.0 Å². The number of carbonyl (C=O) groups is 2. The van der Waals surface area contributed by atoms with Crippen LogP contribution in [0.25, 0.3) is 11.0 Å². The molecule has 1 atom stereocenters. The molecule has 7 heteroatoms. The molecule has 5 rings (SSSR count). The minimum Gasteiger partial charge on any atom is -0.450 e. The first-order valence-electron chi connectivity index (χ1n) is 11.3. The molecule has 170 valence electrons. The van der Waals surface area contributed by atoms with Gasteiger partial charge < -0.3 is 19.3 Å². The molecular formula is C26H26N2O5. The van der Waals surface area contributed by atoms with Crippen LogP contribution in [0.4, 0.5) is 5.69 Å². The van der Waals surface area contributed by atoms with E-state index in [1.807, 2.05) is 39.0 Å². The number of nitrogens with zero attached hydrogens (tertiary/aromatic N) is 2. The molecule has 0 fully saturated rings. The number of hydrogen-bond acceptors (Lipinski definition) is 5. The minimum absolute atomic E-state index is 0.0808. The molecule has 7 nitrogen and oxygen atoms in total. The highest BCUT2D eigenvalue weighted by Crippen LogP contribution is 2.52. The van der Waals surface area contributed by atoms with E-state index in [-0.39, 0.29) is 42.2 Å². The Kier molecular flexibility index (Phi) is 4.90. The molecule has 0 saturated carbocycles. The van der Waals surface area contributed by atoms with E-state index < -0.39 is 11.4 Å². The Labute approximate surface area is 191 Å². The largest absolute Gasteiger partial charge is 0.450 e. The first kappa shape index (κ1) is 21.4. The van der Waals surface area contributed by atoms with Gasteiger partial charge >= 0.3 is 0 Å². The summed E-state index contributed by atoms with van der Waals surface area (Å²) in [4.78, 5) is 44.9. The van der Waals surface area contributed by atoms with Gasteiger partial charge in [-0.15, -0.1) is 0 Å². The summed E-state index contributed by atoms with van der Waals surface area (Å²) in [5.74, 6) is -0.918. The molecule has 0 radical (unpaired) electrons. The highest BCUT2D eigenvalue weighted by molar-refractivity contribution is 6.17. The van der Waals surface area contributed by atoms with E-state index in [4.69, 9.17) is 4.42 Å². The maximum absolute atomic E-state index is 14.2. The maximum Gasteiger partial charge on any atom is 0.291 e. The van der Waals surface area contributed by atoms with Crippen molar-refractivity contribution < 1.29 is 19.1 Å². The van der Waals surface area contributed by atoms with Crippen LogP contribution in [0.3, 0.4) is 0 Å². The Morgan fingerprint density at radius 2 is 1.76 bits per heavy atom. The molecule has 2 aromatic carbocycles. The second-order valence-electron chi connectivity index (χ2n) is 8.79. The summed E-state index contributed by atoms with van der Waals surface area (Å²) in [7, 11) is 0. The molecule has 1 aromatic heterocycles. The summed E-state index contributed by atoms with van der Waals surface area (Å²) in [6.45, 7) is 6.24. The zero-order valence-corrected chi connectivity index (χ0v) is 19.0. The third-order valence-corrected chi connectivity index (χ3v) is 6.84. The summed E-state index contributed by atoms with van der Waals surface area (Å²) in [5, 5.41) is 9.86. The number of aryl methyl sites for hydroxylation is 2. The molecule has 0 saturated heterocycles. The average molecular weight is 447 g/mol. The van der Waals surface area contributed by atoms with Gasteiger partial charge in [-0.2, -0.15) is 0 Å². The lowest BCUT2D eigenvalue weighted by atomic mass is 9.83. The second-order valence-corrected chi connectivity index (χ2v) is 8.79. The lowest BCUT2D eigenvalue weighted by molar-refractivity contribution is -0.126. The van der Waals surface area contributed by atoms with E-state index in [9.17, 15) is 19.5 Å². The molecule has 2 amide bonds. The van der Waals surface area contributed by atoms with E-state index in [1.165, 1.54) is 4.90 Å². The van der Waals surface area contributed by atoms with Gasteiger partial charge in [-0.1, -0.05) is 25.1 Å². The standard InChI is InChI=1S/C26H26N2O5/c1-4-10-27-19-9-6-5-8-18(19)26(25(27)32)21-22(30)17-13-15(2)16(3)14-20(17)33-23(21)24(31)28(26)11-7-12-29/h5-6,8-9,13-14,29H,4,7,10-12H2,1-3H3. The van der Waals surface area contributed by atoms with E-state index in [2.05, 4.69) is 0 Å². The topological polar surface area (TPSA) is 91.1 Å². The molecule has 3 heterocycles. The van der Waals surface area contributed by atoms with Crippen molar-refractivity contribution in [3.63, 3.8) is 0 Å². The SMILES string of the molecule is CCCN1C(=O)C2(c3ccccc31)c1c(oc3cc(C)c(C)cc3c1=O)C(=O)N2CCCO. The Morgan fingerprint density at radius 1 is 1.03 bits per heavy atom. The van der Waals surface area contributed by atoms with Crippen LogP contribution in [0.2, 0.25) is 0 Å². The van der Waals surface area contributed by atoms with Crippen LogP contribution < -0.4 is 10.3 Å². The molecule has 0 aliphatic carbocycles. The first-order chi connectivity index (χ1) is 15.9. The van der Waals surface area contributed by atoms with Crippen LogP contribution in [-0.2, 0) is 10.3 Å². The van der Waals surface area contributed by atoms with Crippen LogP contribution >= 0.6 is 0 Å². The van der Waals surface area contributed by atoms with E-state index in [0.29, 0.717) is 28.8 Å². The zero-order chi connectivity index (χ0) is 23.5. The van der Waals surface area contributed by atoms with Crippen molar-refractivity contribution in [3.8, 4) is 0 Å².